The molecule has 0 aliphatic carbocycles. The normalized spacial score (nSPS) is 49.0. The van der Waals surface area contributed by atoms with E-state index >= 15 is 0 Å². The van der Waals surface area contributed by atoms with Crippen LogP contribution in [-0.4, -0.2) is 169 Å². The zero-order chi connectivity index (χ0) is 27.6. The first-order chi connectivity index (χ1) is 17.4. The second kappa shape index (κ2) is 12.8. The lowest BCUT2D eigenvalue weighted by Gasteiger charge is -2.47. The molecule has 0 saturated carbocycles. The number of amides is 1. The fraction of sp³-hybridized carbons (Fsp3) is 0.950. The Hall–Kier alpha value is -1.13. The van der Waals surface area contributed by atoms with E-state index in [4.69, 9.17) is 23.7 Å². The van der Waals surface area contributed by atoms with Crippen LogP contribution in [0.3, 0.4) is 0 Å². The number of aliphatic hydroxyl groups is 10. The van der Waals surface area contributed by atoms with Crippen molar-refractivity contribution in [2.75, 3.05) is 19.8 Å². The van der Waals surface area contributed by atoms with Gasteiger partial charge in [-0.25, -0.2) is 0 Å². The molecule has 216 valence electrons. The lowest BCUT2D eigenvalue weighted by Crippen LogP contribution is -2.68. The smallest absolute Gasteiger partial charge is 0.217 e. The molecule has 17 heteroatoms. The third kappa shape index (κ3) is 6.55. The van der Waals surface area contributed by atoms with Crippen molar-refractivity contribution in [3.8, 4) is 0 Å². The van der Waals surface area contributed by atoms with Gasteiger partial charge in [0, 0.05) is 6.92 Å². The number of hydrogen-bond donors (Lipinski definition) is 11. The highest BCUT2D eigenvalue weighted by molar-refractivity contribution is 5.73. The molecule has 3 heterocycles. The molecule has 0 spiro atoms. The molecule has 3 fully saturated rings. The van der Waals surface area contributed by atoms with E-state index in [0.29, 0.717) is 0 Å². The van der Waals surface area contributed by atoms with Gasteiger partial charge in [0.2, 0.25) is 5.91 Å². The Kier molecular flexibility index (Phi) is 10.5. The van der Waals surface area contributed by atoms with Crippen LogP contribution in [0.15, 0.2) is 0 Å². The van der Waals surface area contributed by atoms with Gasteiger partial charge in [-0.3, -0.25) is 4.79 Å². The molecule has 3 rings (SSSR count). The molecule has 3 saturated heterocycles. The number of carbonyl (C=O) groups is 1. The first kappa shape index (κ1) is 30.4. The van der Waals surface area contributed by atoms with Gasteiger partial charge in [0.15, 0.2) is 18.9 Å². The number of carbonyl (C=O) groups excluding carboxylic acids is 1. The Labute approximate surface area is 210 Å². The maximum atomic E-state index is 11.9. The average molecular weight is 545 g/mol. The van der Waals surface area contributed by atoms with E-state index in [9.17, 15) is 55.9 Å². The van der Waals surface area contributed by atoms with Crippen LogP contribution in [0.1, 0.15) is 6.92 Å². The van der Waals surface area contributed by atoms with Crippen LogP contribution >= 0.6 is 0 Å². The van der Waals surface area contributed by atoms with Crippen LogP contribution in [0.5, 0.6) is 0 Å². The summed E-state index contributed by atoms with van der Waals surface area (Å²) in [7, 11) is 0. The summed E-state index contributed by atoms with van der Waals surface area (Å²) >= 11 is 0. The second-order valence-corrected chi connectivity index (χ2v) is 9.11. The Balaban J connectivity index is 1.80. The van der Waals surface area contributed by atoms with E-state index in [1.54, 1.807) is 0 Å². The van der Waals surface area contributed by atoms with Gasteiger partial charge in [-0.2, -0.15) is 0 Å². The predicted molar refractivity (Wildman–Crippen MR) is 113 cm³/mol. The molecule has 0 aromatic heterocycles. The first-order valence-electron chi connectivity index (χ1n) is 11.6. The molecule has 15 atom stereocenters. The van der Waals surface area contributed by atoms with Crippen molar-refractivity contribution in [2.45, 2.75) is 99.0 Å². The average Bonchev–Trinajstić information content (AvgIpc) is 2.86. The van der Waals surface area contributed by atoms with Gasteiger partial charge in [-0.15, -0.1) is 0 Å². The number of ether oxygens (including phenoxy) is 5. The standard InChI is InChI=1S/C20H35NO16/c1-5(24)21-9-17(37-20-16(31)14(29)10(25)6(2-22)36-20)12(27)7(3-23)35-19(9)33-4-8-11(26)13(28)15(30)18(32)34-8/h6-20,22-23,25-32H,2-4H2,1H3,(H,21,24)/t6-,7-,8-,9-,10+,11+,12-,13+,14+,15-,16-,17-,18-,19-,20+/m1/s1. The van der Waals surface area contributed by atoms with Crippen LogP contribution in [0, 0.1) is 0 Å². The molecule has 11 N–H and O–H groups in total. The minimum Gasteiger partial charge on any atom is -0.394 e. The monoisotopic (exact) mass is 545 g/mol. The van der Waals surface area contributed by atoms with Crippen molar-refractivity contribution in [1.29, 1.82) is 0 Å². The summed E-state index contributed by atoms with van der Waals surface area (Å²) in [6.07, 6.45) is -22.9. The Bertz CT molecular complexity index is 745. The van der Waals surface area contributed by atoms with E-state index in [2.05, 4.69) is 5.32 Å². The first-order valence-corrected chi connectivity index (χ1v) is 11.6. The van der Waals surface area contributed by atoms with E-state index in [0.717, 1.165) is 6.92 Å². The predicted octanol–water partition coefficient (Wildman–Crippen LogP) is -7.43. The molecule has 0 radical (unpaired) electrons. The Morgan fingerprint density at radius 2 is 1.24 bits per heavy atom. The lowest BCUT2D eigenvalue weighted by molar-refractivity contribution is -0.349. The third-order valence-corrected chi connectivity index (χ3v) is 6.48. The van der Waals surface area contributed by atoms with Gasteiger partial charge in [-0.05, 0) is 0 Å². The highest BCUT2D eigenvalue weighted by Gasteiger charge is 2.52. The van der Waals surface area contributed by atoms with Crippen LogP contribution < -0.4 is 5.32 Å². The SMILES string of the molecule is CC(=O)N[C@H]1[C@H](OC[C@H]2O[C@@H](O)[C@H](O)[C@@H](O)[C@H]2O)O[C@H](CO)[C@@H](O)[C@@H]1O[C@@H]1O[C@H](CO)[C@H](O)[C@H](O)[C@H]1O. The van der Waals surface area contributed by atoms with Gasteiger partial charge in [0.25, 0.3) is 0 Å². The molecule has 0 aromatic rings. The molecule has 37 heavy (non-hydrogen) atoms. The van der Waals surface area contributed by atoms with E-state index in [-0.39, 0.29) is 0 Å². The molecule has 0 aromatic carbocycles. The van der Waals surface area contributed by atoms with Crippen molar-refractivity contribution in [3.05, 3.63) is 0 Å². The van der Waals surface area contributed by atoms with E-state index in [1.807, 2.05) is 0 Å². The molecule has 17 nitrogen and oxygen atoms in total. The zero-order valence-corrected chi connectivity index (χ0v) is 19.7. The number of rotatable bonds is 8. The molecular formula is C20H35NO16. The lowest BCUT2D eigenvalue weighted by atomic mass is 9.95. The minimum atomic E-state index is -1.85. The van der Waals surface area contributed by atoms with Crippen molar-refractivity contribution >= 4 is 5.91 Å². The maximum absolute atomic E-state index is 11.9. The Morgan fingerprint density at radius 3 is 1.84 bits per heavy atom. The van der Waals surface area contributed by atoms with Gasteiger partial charge in [0.05, 0.1) is 19.8 Å². The van der Waals surface area contributed by atoms with E-state index < -0.39 is 118 Å². The quantitative estimate of drug-likeness (QED) is 0.135. The molecule has 3 aliphatic heterocycles. The largest absolute Gasteiger partial charge is 0.394 e. The summed E-state index contributed by atoms with van der Waals surface area (Å²) < 4.78 is 27.1. The molecule has 3 aliphatic rings. The van der Waals surface area contributed by atoms with E-state index in [1.165, 1.54) is 0 Å². The highest BCUT2D eigenvalue weighted by atomic mass is 16.7. The minimum absolute atomic E-state index is 0.580. The van der Waals surface area contributed by atoms with Gasteiger partial charge in [0.1, 0.15) is 73.2 Å². The molecule has 1 amide bonds. The summed E-state index contributed by atoms with van der Waals surface area (Å²) in [6.45, 7) is -0.982. The number of aliphatic hydroxyl groups excluding tert-OH is 10. The summed E-state index contributed by atoms with van der Waals surface area (Å²) in [4.78, 5) is 11.9. The van der Waals surface area contributed by atoms with Crippen molar-refractivity contribution in [3.63, 3.8) is 0 Å². The zero-order valence-electron chi connectivity index (χ0n) is 19.7. The second-order valence-electron chi connectivity index (χ2n) is 9.11. The van der Waals surface area contributed by atoms with Crippen LogP contribution in [-0.2, 0) is 28.5 Å². The number of nitrogens with one attached hydrogen (secondary N) is 1. The highest BCUT2D eigenvalue weighted by Crippen LogP contribution is 2.30. The third-order valence-electron chi connectivity index (χ3n) is 6.48. The summed E-state index contributed by atoms with van der Waals surface area (Å²) in [5.41, 5.74) is 0. The van der Waals surface area contributed by atoms with Gasteiger partial charge in [-0.1, -0.05) is 0 Å². The summed E-state index contributed by atoms with van der Waals surface area (Å²) in [6, 6.07) is -1.37. The topological polar surface area (TPSA) is 278 Å². The molecular weight excluding hydrogens is 510 g/mol. The molecule has 0 bridgehead atoms. The van der Waals surface area contributed by atoms with Crippen molar-refractivity contribution in [2.24, 2.45) is 0 Å². The van der Waals surface area contributed by atoms with Crippen molar-refractivity contribution < 1.29 is 79.5 Å². The van der Waals surface area contributed by atoms with Crippen LogP contribution in [0.2, 0.25) is 0 Å². The number of hydrogen-bond acceptors (Lipinski definition) is 16. The van der Waals surface area contributed by atoms with Crippen molar-refractivity contribution in [1.82, 2.24) is 5.32 Å². The summed E-state index contributed by atoms with van der Waals surface area (Å²) in [5.74, 6) is -0.651. The molecule has 0 unspecified atom stereocenters. The fourth-order valence-corrected chi connectivity index (χ4v) is 4.35. The summed E-state index contributed by atoms with van der Waals surface area (Å²) in [5, 5.41) is 102. The van der Waals surface area contributed by atoms with Crippen LogP contribution in [0.4, 0.5) is 0 Å². The fourth-order valence-electron chi connectivity index (χ4n) is 4.35. The van der Waals surface area contributed by atoms with Crippen LogP contribution in [0.25, 0.3) is 0 Å². The Morgan fingerprint density at radius 1 is 0.703 bits per heavy atom. The maximum Gasteiger partial charge on any atom is 0.217 e. The van der Waals surface area contributed by atoms with Gasteiger partial charge >= 0.3 is 0 Å². The van der Waals surface area contributed by atoms with Gasteiger partial charge < -0.3 is 80.1 Å².